The van der Waals surface area contributed by atoms with Crippen molar-refractivity contribution in [2.75, 3.05) is 18.0 Å². The fourth-order valence-electron chi connectivity index (χ4n) is 3.60. The summed E-state index contributed by atoms with van der Waals surface area (Å²) < 4.78 is 46.6. The van der Waals surface area contributed by atoms with E-state index >= 15 is 0 Å². The number of alkyl halides is 3. The zero-order valence-corrected chi connectivity index (χ0v) is 16.3. The van der Waals surface area contributed by atoms with Crippen molar-refractivity contribution in [2.45, 2.75) is 25.3 Å². The number of morpholine rings is 1. The van der Waals surface area contributed by atoms with Crippen molar-refractivity contribution in [3.8, 4) is 11.5 Å². The molecule has 1 aliphatic rings. The van der Waals surface area contributed by atoms with Gasteiger partial charge in [-0.2, -0.15) is 13.2 Å². The standard InChI is InChI=1S/C19H17F3N8O/c1-11-7-29(8-14(31-11)12-4-23-10-27-12)16-2-3-24-18(28-16)13-5-26-17-6-25-15(9-30(13)17)19(20,21)22/h2-6,9-11,14H,7-8H2,1H3,(H,23,27)/t11-,14+/m1/s1. The molecule has 0 amide bonds. The van der Waals surface area contributed by atoms with Gasteiger partial charge in [0.25, 0.3) is 0 Å². The van der Waals surface area contributed by atoms with Crippen LogP contribution in [0.3, 0.4) is 0 Å². The maximum absolute atomic E-state index is 13.1. The van der Waals surface area contributed by atoms with E-state index in [4.69, 9.17) is 4.74 Å². The highest BCUT2D eigenvalue weighted by Crippen LogP contribution is 2.30. The Hall–Kier alpha value is -3.54. The maximum Gasteiger partial charge on any atom is 0.434 e. The first-order chi connectivity index (χ1) is 14.9. The summed E-state index contributed by atoms with van der Waals surface area (Å²) >= 11 is 0. The number of anilines is 1. The molecular formula is C19H17F3N8O. The largest absolute Gasteiger partial charge is 0.434 e. The van der Waals surface area contributed by atoms with Crippen molar-refractivity contribution < 1.29 is 17.9 Å². The lowest BCUT2D eigenvalue weighted by atomic mass is 10.2. The van der Waals surface area contributed by atoms with E-state index in [0.29, 0.717) is 24.6 Å². The Morgan fingerprint density at radius 3 is 2.77 bits per heavy atom. The lowest BCUT2D eigenvalue weighted by Crippen LogP contribution is -2.43. The van der Waals surface area contributed by atoms with Crippen LogP contribution in [0.25, 0.3) is 17.2 Å². The molecule has 5 rings (SSSR count). The predicted molar refractivity (Wildman–Crippen MR) is 103 cm³/mol. The second-order valence-corrected chi connectivity index (χ2v) is 7.21. The quantitative estimate of drug-likeness (QED) is 0.534. The molecule has 4 aromatic rings. The number of hydrogen-bond acceptors (Lipinski definition) is 7. The number of aromatic nitrogens is 7. The van der Waals surface area contributed by atoms with E-state index in [1.54, 1.807) is 24.8 Å². The third kappa shape index (κ3) is 3.69. The van der Waals surface area contributed by atoms with Crippen LogP contribution in [0.2, 0.25) is 0 Å². The fraction of sp³-hybridized carbons (Fsp3) is 0.316. The third-order valence-corrected chi connectivity index (χ3v) is 4.99. The number of rotatable bonds is 3. The predicted octanol–water partition coefficient (Wildman–Crippen LogP) is 2.89. The molecule has 0 unspecified atom stereocenters. The van der Waals surface area contributed by atoms with Gasteiger partial charge >= 0.3 is 6.18 Å². The van der Waals surface area contributed by atoms with E-state index in [0.717, 1.165) is 18.1 Å². The molecule has 0 saturated carbocycles. The normalized spacial score (nSPS) is 19.8. The molecule has 1 N–H and O–H groups in total. The molecule has 0 aromatic carbocycles. The lowest BCUT2D eigenvalue weighted by Gasteiger charge is -2.36. The first-order valence-electron chi connectivity index (χ1n) is 9.51. The van der Waals surface area contributed by atoms with Crippen LogP contribution in [0.1, 0.15) is 24.4 Å². The molecule has 1 saturated heterocycles. The number of hydrogen-bond donors (Lipinski definition) is 1. The first-order valence-corrected chi connectivity index (χ1v) is 9.51. The van der Waals surface area contributed by atoms with E-state index in [1.165, 1.54) is 10.6 Å². The van der Waals surface area contributed by atoms with Crippen LogP contribution >= 0.6 is 0 Å². The molecule has 1 fully saturated rings. The zero-order valence-electron chi connectivity index (χ0n) is 16.3. The van der Waals surface area contributed by atoms with E-state index in [-0.39, 0.29) is 23.7 Å². The summed E-state index contributed by atoms with van der Waals surface area (Å²) in [4.78, 5) is 25.7. The SMILES string of the molecule is C[C@@H]1CN(c2ccnc(-c3cnc4cnc(C(F)(F)F)cn34)n2)C[C@@H](c2c[nH]cn2)O1. The number of nitrogens with one attached hydrogen (secondary N) is 1. The lowest BCUT2D eigenvalue weighted by molar-refractivity contribution is -0.141. The van der Waals surface area contributed by atoms with Gasteiger partial charge < -0.3 is 14.6 Å². The molecule has 12 heteroatoms. The minimum atomic E-state index is -4.57. The third-order valence-electron chi connectivity index (χ3n) is 4.99. The Labute approximate surface area is 174 Å². The average Bonchev–Trinajstić information content (AvgIpc) is 3.42. The van der Waals surface area contributed by atoms with Crippen molar-refractivity contribution in [3.05, 3.63) is 54.8 Å². The van der Waals surface area contributed by atoms with Gasteiger partial charge in [-0.25, -0.2) is 24.9 Å². The van der Waals surface area contributed by atoms with Gasteiger partial charge in [0.2, 0.25) is 0 Å². The van der Waals surface area contributed by atoms with Gasteiger partial charge in [0.15, 0.2) is 17.2 Å². The molecule has 4 aromatic heterocycles. The Bertz CT molecular complexity index is 1210. The van der Waals surface area contributed by atoms with Gasteiger partial charge in [-0.05, 0) is 13.0 Å². The van der Waals surface area contributed by atoms with Crippen molar-refractivity contribution in [3.63, 3.8) is 0 Å². The van der Waals surface area contributed by atoms with Gasteiger partial charge in [-0.3, -0.25) is 4.40 Å². The van der Waals surface area contributed by atoms with Crippen LogP contribution in [0.15, 0.2) is 43.4 Å². The number of aromatic amines is 1. The van der Waals surface area contributed by atoms with E-state index in [1.807, 2.05) is 11.8 Å². The van der Waals surface area contributed by atoms with Gasteiger partial charge in [0.05, 0.1) is 37.1 Å². The fourth-order valence-corrected chi connectivity index (χ4v) is 3.60. The van der Waals surface area contributed by atoms with Gasteiger partial charge in [0, 0.05) is 25.1 Å². The summed E-state index contributed by atoms with van der Waals surface area (Å²) in [5, 5.41) is 0. The summed E-state index contributed by atoms with van der Waals surface area (Å²) in [6.07, 6.45) is 3.51. The zero-order chi connectivity index (χ0) is 21.6. The highest BCUT2D eigenvalue weighted by atomic mass is 19.4. The summed E-state index contributed by atoms with van der Waals surface area (Å²) in [7, 11) is 0. The molecule has 5 heterocycles. The smallest absolute Gasteiger partial charge is 0.365 e. The number of H-pyrrole nitrogens is 1. The number of halogens is 3. The molecule has 0 bridgehead atoms. The molecule has 31 heavy (non-hydrogen) atoms. The topological polar surface area (TPSA) is 97.1 Å². The molecule has 0 radical (unpaired) electrons. The number of nitrogens with zero attached hydrogens (tertiary/aromatic N) is 7. The number of fused-ring (bicyclic) bond motifs is 1. The summed E-state index contributed by atoms with van der Waals surface area (Å²) in [5.41, 5.74) is 0.393. The van der Waals surface area contributed by atoms with Crippen molar-refractivity contribution in [1.29, 1.82) is 0 Å². The Morgan fingerprint density at radius 2 is 2.00 bits per heavy atom. The highest BCUT2D eigenvalue weighted by Gasteiger charge is 2.33. The first kappa shape index (κ1) is 19.4. The summed E-state index contributed by atoms with van der Waals surface area (Å²) in [6.45, 7) is 3.09. The van der Waals surface area contributed by atoms with Crippen LogP contribution in [0.5, 0.6) is 0 Å². The minimum absolute atomic E-state index is 0.0647. The number of ether oxygens (including phenoxy) is 1. The Balaban J connectivity index is 1.49. The molecule has 1 aliphatic heterocycles. The second-order valence-electron chi connectivity index (χ2n) is 7.21. The van der Waals surface area contributed by atoms with E-state index in [2.05, 4.69) is 29.9 Å². The minimum Gasteiger partial charge on any atom is -0.365 e. The molecule has 0 aliphatic carbocycles. The van der Waals surface area contributed by atoms with Crippen molar-refractivity contribution >= 4 is 11.5 Å². The Kier molecular flexibility index (Phi) is 4.58. The summed E-state index contributed by atoms with van der Waals surface area (Å²) in [6, 6.07) is 1.76. The van der Waals surface area contributed by atoms with Crippen molar-refractivity contribution in [2.24, 2.45) is 0 Å². The van der Waals surface area contributed by atoms with Gasteiger partial charge in [0.1, 0.15) is 17.6 Å². The monoisotopic (exact) mass is 430 g/mol. The maximum atomic E-state index is 13.1. The average molecular weight is 430 g/mol. The molecule has 160 valence electrons. The van der Waals surface area contributed by atoms with Crippen LogP contribution in [-0.2, 0) is 10.9 Å². The van der Waals surface area contributed by atoms with Crippen molar-refractivity contribution in [1.82, 2.24) is 34.3 Å². The summed E-state index contributed by atoms with van der Waals surface area (Å²) in [5.74, 6) is 0.903. The van der Waals surface area contributed by atoms with Crippen LogP contribution < -0.4 is 4.90 Å². The van der Waals surface area contributed by atoms with Crippen LogP contribution in [0, 0.1) is 0 Å². The van der Waals surface area contributed by atoms with Gasteiger partial charge in [-0.15, -0.1) is 0 Å². The highest BCUT2D eigenvalue weighted by molar-refractivity contribution is 5.58. The second kappa shape index (κ2) is 7.30. The van der Waals surface area contributed by atoms with Gasteiger partial charge in [-0.1, -0.05) is 0 Å². The number of imidazole rings is 2. The molecule has 9 nitrogen and oxygen atoms in total. The van der Waals surface area contributed by atoms with E-state index < -0.39 is 11.9 Å². The van der Waals surface area contributed by atoms with Crippen LogP contribution in [0.4, 0.5) is 19.0 Å². The Morgan fingerprint density at radius 1 is 1.13 bits per heavy atom. The van der Waals surface area contributed by atoms with Crippen LogP contribution in [-0.4, -0.2) is 53.5 Å². The molecule has 0 spiro atoms. The van der Waals surface area contributed by atoms with E-state index in [9.17, 15) is 13.2 Å². The molecule has 2 atom stereocenters. The molecular weight excluding hydrogens is 413 g/mol.